The number of thioether (sulfide) groups is 1. The number of aryl methyl sites for hydroxylation is 2. The summed E-state index contributed by atoms with van der Waals surface area (Å²) in [5.41, 5.74) is 12.0. The topological polar surface area (TPSA) is 62.8 Å². The fraction of sp³-hybridized carbons (Fsp3) is 0.263. The highest BCUT2D eigenvalue weighted by molar-refractivity contribution is 8.00. The van der Waals surface area contributed by atoms with Crippen LogP contribution in [0.3, 0.4) is 0 Å². The Kier molecular flexibility index (Phi) is 6.07. The van der Waals surface area contributed by atoms with Gasteiger partial charge in [-0.25, -0.2) is 4.98 Å². The van der Waals surface area contributed by atoms with Crippen molar-refractivity contribution in [3.8, 4) is 21.8 Å². The number of thiazole rings is 1. The molecule has 2 heterocycles. The number of nitrogen functional groups attached to an aromatic ring is 1. The van der Waals surface area contributed by atoms with E-state index >= 15 is 0 Å². The van der Waals surface area contributed by atoms with Gasteiger partial charge in [-0.2, -0.15) is 0 Å². The molecule has 3 N–H and O–H groups in total. The minimum Gasteiger partial charge on any atom is -0.383 e. The van der Waals surface area contributed by atoms with Crippen LogP contribution in [-0.4, -0.2) is 17.1 Å². The second-order valence-corrected chi connectivity index (χ2v) is 9.14. The zero-order chi connectivity index (χ0) is 17.4. The first-order chi connectivity index (χ1) is 12.2. The molecule has 1 aliphatic carbocycles. The number of thiophene rings is 1. The van der Waals surface area contributed by atoms with E-state index in [9.17, 15) is 0 Å². The fourth-order valence-corrected chi connectivity index (χ4v) is 5.94. The maximum atomic E-state index is 7.67. The first-order valence-corrected chi connectivity index (χ1v) is 11.2. The number of amidine groups is 1. The minimum atomic E-state index is 0. The van der Waals surface area contributed by atoms with Gasteiger partial charge in [0.15, 0.2) is 0 Å². The zero-order valence-corrected chi connectivity index (χ0v) is 17.6. The molecule has 0 saturated heterocycles. The van der Waals surface area contributed by atoms with Gasteiger partial charge >= 0.3 is 0 Å². The summed E-state index contributed by atoms with van der Waals surface area (Å²) in [4.78, 5) is 5.69. The van der Waals surface area contributed by atoms with Crippen molar-refractivity contribution in [1.82, 2.24) is 4.98 Å². The van der Waals surface area contributed by atoms with E-state index in [0.29, 0.717) is 0 Å². The van der Waals surface area contributed by atoms with Crippen LogP contribution in [0.4, 0.5) is 0 Å². The quantitative estimate of drug-likeness (QED) is 0.315. The Balaban J connectivity index is 0.00000196. The molecule has 4 rings (SSSR count). The molecular weight excluding hydrogens is 402 g/mol. The number of rotatable bonds is 4. The smallest absolute Gasteiger partial charge is 0.133 e. The van der Waals surface area contributed by atoms with Crippen molar-refractivity contribution in [1.29, 1.82) is 5.41 Å². The molecule has 0 saturated carbocycles. The molecule has 0 unspecified atom stereocenters. The summed E-state index contributed by atoms with van der Waals surface area (Å²) in [5.74, 6) is 0.123. The molecule has 0 aliphatic heterocycles. The van der Waals surface area contributed by atoms with Crippen molar-refractivity contribution in [3.05, 3.63) is 45.6 Å². The highest BCUT2D eigenvalue weighted by Crippen LogP contribution is 2.40. The Morgan fingerprint density at radius 1 is 1.19 bits per heavy atom. The number of nitrogens with two attached hydrogens (primary N) is 1. The first-order valence-electron chi connectivity index (χ1n) is 8.26. The predicted octanol–water partition coefficient (Wildman–Crippen LogP) is 5.85. The van der Waals surface area contributed by atoms with Gasteiger partial charge in [0.05, 0.1) is 14.8 Å². The lowest BCUT2D eigenvalue weighted by atomic mass is 9.90. The van der Waals surface area contributed by atoms with Crippen molar-refractivity contribution in [2.45, 2.75) is 29.9 Å². The summed E-state index contributed by atoms with van der Waals surface area (Å²) < 4.78 is 1.16. The van der Waals surface area contributed by atoms with Crippen molar-refractivity contribution in [2.24, 2.45) is 5.73 Å². The summed E-state index contributed by atoms with van der Waals surface area (Å²) >= 11 is 4.91. The maximum absolute atomic E-state index is 7.67. The average Bonchev–Trinajstić information content (AvgIpc) is 3.28. The molecule has 2 aromatic heterocycles. The second kappa shape index (κ2) is 8.13. The van der Waals surface area contributed by atoms with E-state index < -0.39 is 0 Å². The van der Waals surface area contributed by atoms with Gasteiger partial charge in [0.25, 0.3) is 0 Å². The van der Waals surface area contributed by atoms with Crippen LogP contribution in [0.15, 0.2) is 33.9 Å². The molecule has 0 atom stereocenters. The van der Waals surface area contributed by atoms with Gasteiger partial charge in [-0.1, -0.05) is 12.1 Å². The van der Waals surface area contributed by atoms with Gasteiger partial charge in [-0.15, -0.1) is 46.8 Å². The van der Waals surface area contributed by atoms with E-state index in [4.69, 9.17) is 16.1 Å². The number of halogens is 1. The van der Waals surface area contributed by atoms with E-state index in [1.54, 1.807) is 34.4 Å². The van der Waals surface area contributed by atoms with Gasteiger partial charge in [0.1, 0.15) is 10.8 Å². The minimum absolute atomic E-state index is 0. The van der Waals surface area contributed by atoms with Crippen LogP contribution < -0.4 is 5.73 Å². The normalized spacial score (nSPS) is 13.1. The number of fused-ring (bicyclic) bond motifs is 1. The van der Waals surface area contributed by atoms with Crippen molar-refractivity contribution in [3.63, 3.8) is 0 Å². The zero-order valence-electron chi connectivity index (χ0n) is 14.4. The van der Waals surface area contributed by atoms with Crippen LogP contribution in [0.2, 0.25) is 0 Å². The number of nitrogens with one attached hydrogen (secondary N) is 1. The van der Waals surface area contributed by atoms with Gasteiger partial charge in [-0.3, -0.25) is 5.41 Å². The Morgan fingerprint density at radius 2 is 1.96 bits per heavy atom. The highest BCUT2D eigenvalue weighted by atomic mass is 35.5. The highest BCUT2D eigenvalue weighted by Gasteiger charge is 2.16. The molecule has 0 fully saturated rings. The third kappa shape index (κ3) is 3.69. The number of aromatic nitrogens is 1. The van der Waals surface area contributed by atoms with Gasteiger partial charge in [-0.05, 0) is 55.2 Å². The summed E-state index contributed by atoms with van der Waals surface area (Å²) in [6.07, 6.45) is 7.04. The standard InChI is InChI=1S/C19H19N3S3.ClH/c1-23-19-14(9-16(25-19)17(20)21)18-22-15(10-24-18)13-7-6-11-4-2-3-5-12(11)8-13;/h6-10H,2-5H2,1H3,(H3,20,21);1H. The van der Waals surface area contributed by atoms with E-state index in [1.165, 1.54) is 42.4 Å². The molecule has 1 aliphatic rings. The third-order valence-corrected chi connectivity index (χ3v) is 7.71. The fourth-order valence-electron chi connectivity index (χ4n) is 3.23. The van der Waals surface area contributed by atoms with E-state index in [0.717, 1.165) is 25.4 Å². The number of nitrogens with zero attached hydrogens (tertiary/aromatic N) is 1. The van der Waals surface area contributed by atoms with E-state index in [2.05, 4.69) is 29.8 Å². The van der Waals surface area contributed by atoms with Crippen LogP contribution in [0.25, 0.3) is 21.8 Å². The molecule has 0 spiro atoms. The van der Waals surface area contributed by atoms with Crippen molar-refractivity contribution >= 4 is 52.7 Å². The van der Waals surface area contributed by atoms with Crippen molar-refractivity contribution in [2.75, 3.05) is 6.26 Å². The number of benzene rings is 1. The molecule has 3 nitrogen and oxygen atoms in total. The molecule has 3 aromatic rings. The Morgan fingerprint density at radius 3 is 2.69 bits per heavy atom. The lowest BCUT2D eigenvalue weighted by Crippen LogP contribution is -2.08. The largest absolute Gasteiger partial charge is 0.383 e. The summed E-state index contributed by atoms with van der Waals surface area (Å²) in [5, 5.41) is 10.8. The molecule has 0 bridgehead atoms. The van der Waals surface area contributed by atoms with Crippen LogP contribution in [0.5, 0.6) is 0 Å². The van der Waals surface area contributed by atoms with E-state index in [-0.39, 0.29) is 18.2 Å². The van der Waals surface area contributed by atoms with Crippen molar-refractivity contribution < 1.29 is 0 Å². The van der Waals surface area contributed by atoms with E-state index in [1.807, 2.05) is 6.07 Å². The lowest BCUT2D eigenvalue weighted by Gasteiger charge is -2.16. The maximum Gasteiger partial charge on any atom is 0.133 e. The van der Waals surface area contributed by atoms with Crippen LogP contribution in [0, 0.1) is 5.41 Å². The molecule has 7 heteroatoms. The molecule has 0 radical (unpaired) electrons. The summed E-state index contributed by atoms with van der Waals surface area (Å²) in [6, 6.07) is 8.79. The lowest BCUT2D eigenvalue weighted by molar-refractivity contribution is 0.686. The molecule has 26 heavy (non-hydrogen) atoms. The molecular formula is C19H20ClN3S3. The van der Waals surface area contributed by atoms with Crippen LogP contribution >= 0.6 is 46.8 Å². The second-order valence-electron chi connectivity index (χ2n) is 6.16. The average molecular weight is 422 g/mol. The Hall–Kier alpha value is -1.34. The summed E-state index contributed by atoms with van der Waals surface area (Å²) in [7, 11) is 0. The third-order valence-electron chi connectivity index (χ3n) is 4.53. The number of hydrogen-bond donors (Lipinski definition) is 2. The first kappa shape index (κ1) is 19.4. The predicted molar refractivity (Wildman–Crippen MR) is 118 cm³/mol. The van der Waals surface area contributed by atoms with Crippen LogP contribution in [0.1, 0.15) is 28.8 Å². The summed E-state index contributed by atoms with van der Waals surface area (Å²) in [6.45, 7) is 0. The van der Waals surface area contributed by atoms with Crippen LogP contribution in [-0.2, 0) is 12.8 Å². The molecule has 1 aromatic carbocycles. The Bertz CT molecular complexity index is 945. The Labute approximate surface area is 172 Å². The SMILES string of the molecule is CSc1sc(C(=N)N)cc1-c1nc(-c2ccc3c(c2)CCCC3)cs1.Cl. The van der Waals surface area contributed by atoms with Gasteiger partial charge in [0.2, 0.25) is 0 Å². The van der Waals surface area contributed by atoms with Gasteiger partial charge < -0.3 is 5.73 Å². The monoisotopic (exact) mass is 421 g/mol. The molecule has 136 valence electrons. The molecule has 0 amide bonds. The van der Waals surface area contributed by atoms with Gasteiger partial charge in [0, 0.05) is 16.5 Å². The number of hydrogen-bond acceptors (Lipinski definition) is 5.